The number of pyridine rings is 1. The Morgan fingerprint density at radius 1 is 0.971 bits per heavy atom. The van der Waals surface area contributed by atoms with Gasteiger partial charge < -0.3 is 20.1 Å². The maximum atomic E-state index is 13.1. The topological polar surface area (TPSA) is 98.4 Å². The summed E-state index contributed by atoms with van der Waals surface area (Å²) in [6.45, 7) is 4.13. The normalized spacial score (nSPS) is 14.8. The van der Waals surface area contributed by atoms with Gasteiger partial charge in [0.1, 0.15) is 5.69 Å². The van der Waals surface area contributed by atoms with E-state index in [4.69, 9.17) is 0 Å². The molecule has 0 bridgehead atoms. The van der Waals surface area contributed by atoms with E-state index in [-0.39, 0.29) is 22.2 Å². The molecule has 1 saturated heterocycles. The molecule has 0 unspecified atom stereocenters. The van der Waals surface area contributed by atoms with E-state index in [0.717, 1.165) is 48.3 Å². The van der Waals surface area contributed by atoms with Gasteiger partial charge in [-0.2, -0.15) is 0 Å². The molecule has 5 rings (SSSR count). The molecule has 4 aromatic rings. The van der Waals surface area contributed by atoms with Crippen LogP contribution in [0.25, 0.3) is 10.9 Å². The monoisotopic (exact) mass is 489 g/mol. The van der Waals surface area contributed by atoms with Crippen molar-refractivity contribution in [3.63, 3.8) is 0 Å². The number of piperazine rings is 1. The molecule has 1 amide bonds. The number of likely N-dealkylation sites (N-methyl/N-ethyl adjacent to an activating group) is 1. The highest BCUT2D eigenvalue weighted by Crippen LogP contribution is 2.25. The second-order valence-corrected chi connectivity index (χ2v) is 10.7. The minimum atomic E-state index is -3.63. The molecular weight excluding hydrogens is 462 g/mol. The summed E-state index contributed by atoms with van der Waals surface area (Å²) < 4.78 is 26.2. The minimum Gasteiger partial charge on any atom is -0.369 e. The maximum absolute atomic E-state index is 13.1. The van der Waals surface area contributed by atoms with E-state index >= 15 is 0 Å². The number of hydrogen-bond donors (Lipinski definition) is 2. The Balaban J connectivity index is 1.23. The van der Waals surface area contributed by atoms with E-state index in [1.54, 1.807) is 54.9 Å². The van der Waals surface area contributed by atoms with Gasteiger partial charge in [-0.05, 0) is 61.1 Å². The minimum absolute atomic E-state index is 0.225. The molecule has 1 aliphatic rings. The number of amides is 1. The zero-order chi connectivity index (χ0) is 24.4. The molecule has 0 spiro atoms. The van der Waals surface area contributed by atoms with Crippen molar-refractivity contribution in [2.45, 2.75) is 16.3 Å². The third-order valence-electron chi connectivity index (χ3n) is 6.37. The van der Waals surface area contributed by atoms with E-state index in [1.165, 1.54) is 0 Å². The first-order valence-corrected chi connectivity index (χ1v) is 13.0. The lowest BCUT2D eigenvalue weighted by atomic mass is 10.2. The van der Waals surface area contributed by atoms with Crippen molar-refractivity contribution in [3.05, 3.63) is 84.3 Å². The Morgan fingerprint density at radius 3 is 2.29 bits per heavy atom. The van der Waals surface area contributed by atoms with Crippen molar-refractivity contribution in [2.24, 2.45) is 0 Å². The van der Waals surface area contributed by atoms with Gasteiger partial charge in [0.15, 0.2) is 0 Å². The molecule has 0 aliphatic carbocycles. The molecule has 9 heteroatoms. The van der Waals surface area contributed by atoms with Crippen molar-refractivity contribution < 1.29 is 13.2 Å². The van der Waals surface area contributed by atoms with Gasteiger partial charge in [-0.15, -0.1) is 0 Å². The number of aromatic amines is 1. The number of benzene rings is 2. The number of carbonyl (C=O) groups is 1. The Hall–Kier alpha value is -3.69. The molecule has 180 valence electrons. The summed E-state index contributed by atoms with van der Waals surface area (Å²) in [5.74, 6) is -0.238. The highest BCUT2D eigenvalue weighted by molar-refractivity contribution is 7.91. The third-order valence-corrected chi connectivity index (χ3v) is 8.15. The summed E-state index contributed by atoms with van der Waals surface area (Å²) in [5.41, 5.74) is 3.14. The Labute approximate surface area is 204 Å². The predicted octanol–water partition coefficient (Wildman–Crippen LogP) is 3.08. The summed E-state index contributed by atoms with van der Waals surface area (Å²) in [4.78, 5) is 24.7. The van der Waals surface area contributed by atoms with Crippen molar-refractivity contribution in [2.75, 3.05) is 38.1 Å². The molecule has 2 aromatic carbocycles. The number of aromatic nitrogens is 2. The first-order chi connectivity index (χ1) is 16.9. The van der Waals surface area contributed by atoms with Crippen molar-refractivity contribution >= 4 is 32.3 Å². The summed E-state index contributed by atoms with van der Waals surface area (Å²) in [6.07, 6.45) is 3.36. The SMILES string of the molecule is CN1CCN(c2ccc(S(=O)(=O)c3ccc(CNC(=O)c4cc5cnccc5[nH]4)cc3)cc2)CC1. The van der Waals surface area contributed by atoms with Gasteiger partial charge >= 0.3 is 0 Å². The summed E-state index contributed by atoms with van der Waals surface area (Å²) in [7, 11) is -1.52. The first-order valence-electron chi connectivity index (χ1n) is 11.5. The Kier molecular flexibility index (Phi) is 6.27. The van der Waals surface area contributed by atoms with E-state index < -0.39 is 9.84 Å². The van der Waals surface area contributed by atoms with Gasteiger partial charge in [-0.3, -0.25) is 9.78 Å². The highest BCUT2D eigenvalue weighted by Gasteiger charge is 2.19. The van der Waals surface area contributed by atoms with Crippen LogP contribution in [0.3, 0.4) is 0 Å². The quantitative estimate of drug-likeness (QED) is 0.432. The van der Waals surface area contributed by atoms with Crippen molar-refractivity contribution in [1.29, 1.82) is 0 Å². The van der Waals surface area contributed by atoms with Gasteiger partial charge in [-0.1, -0.05) is 12.1 Å². The molecule has 0 saturated carbocycles. The fourth-order valence-corrected chi connectivity index (χ4v) is 5.46. The van der Waals surface area contributed by atoms with Crippen molar-refractivity contribution in [1.82, 2.24) is 20.2 Å². The summed E-state index contributed by atoms with van der Waals surface area (Å²) in [5, 5.41) is 3.72. The number of nitrogens with zero attached hydrogens (tertiary/aromatic N) is 3. The molecule has 0 atom stereocenters. The van der Waals surface area contributed by atoms with E-state index in [0.29, 0.717) is 5.69 Å². The van der Waals surface area contributed by atoms with Gasteiger partial charge in [0.25, 0.3) is 5.91 Å². The standard InChI is InChI=1S/C26H27N5O3S/c1-30-12-14-31(15-13-30)21-4-8-23(9-5-21)35(33,34)22-6-2-19(3-7-22)17-28-26(32)25-16-20-18-27-11-10-24(20)29-25/h2-11,16,18,29H,12-15,17H2,1H3,(H,28,32). The third kappa shape index (κ3) is 4.91. The molecule has 2 N–H and O–H groups in total. The van der Waals surface area contributed by atoms with E-state index in [1.807, 2.05) is 18.2 Å². The fourth-order valence-electron chi connectivity index (χ4n) is 4.20. The van der Waals surface area contributed by atoms with Crippen LogP contribution in [0.15, 0.2) is 82.8 Å². The van der Waals surface area contributed by atoms with E-state index in [2.05, 4.69) is 32.1 Å². The van der Waals surface area contributed by atoms with Gasteiger partial charge in [-0.25, -0.2) is 8.42 Å². The molecule has 8 nitrogen and oxygen atoms in total. The number of sulfone groups is 1. The average Bonchev–Trinajstić information content (AvgIpc) is 3.33. The zero-order valence-corrected chi connectivity index (χ0v) is 20.3. The fraction of sp³-hybridized carbons (Fsp3) is 0.231. The molecule has 1 aliphatic heterocycles. The van der Waals surface area contributed by atoms with Crippen LogP contribution >= 0.6 is 0 Å². The maximum Gasteiger partial charge on any atom is 0.267 e. The lowest BCUT2D eigenvalue weighted by Gasteiger charge is -2.34. The van der Waals surface area contributed by atoms with Gasteiger partial charge in [0.05, 0.1) is 9.79 Å². The number of anilines is 1. The number of nitrogens with one attached hydrogen (secondary N) is 2. The second-order valence-electron chi connectivity index (χ2n) is 8.76. The number of fused-ring (bicyclic) bond motifs is 1. The molecular formula is C26H27N5O3S. The molecule has 0 radical (unpaired) electrons. The van der Waals surface area contributed by atoms with Crippen LogP contribution in [0.5, 0.6) is 0 Å². The lowest BCUT2D eigenvalue weighted by Crippen LogP contribution is -2.44. The van der Waals surface area contributed by atoms with Crippen molar-refractivity contribution in [3.8, 4) is 0 Å². The Bertz CT molecular complexity index is 1410. The van der Waals surface area contributed by atoms with Gasteiger partial charge in [0, 0.05) is 61.7 Å². The van der Waals surface area contributed by atoms with E-state index in [9.17, 15) is 13.2 Å². The predicted molar refractivity (Wildman–Crippen MR) is 135 cm³/mol. The Morgan fingerprint density at radius 2 is 1.63 bits per heavy atom. The lowest BCUT2D eigenvalue weighted by molar-refractivity contribution is 0.0946. The second kappa shape index (κ2) is 9.52. The van der Waals surface area contributed by atoms with Gasteiger partial charge in [0.2, 0.25) is 9.84 Å². The smallest absolute Gasteiger partial charge is 0.267 e. The number of H-pyrrole nitrogens is 1. The van der Waals surface area contributed by atoms with Crippen LogP contribution in [0, 0.1) is 0 Å². The molecule has 1 fully saturated rings. The number of rotatable bonds is 6. The zero-order valence-electron chi connectivity index (χ0n) is 19.4. The van der Waals surface area contributed by atoms with Crippen LogP contribution in [0.1, 0.15) is 16.1 Å². The molecule has 35 heavy (non-hydrogen) atoms. The summed E-state index contributed by atoms with van der Waals surface area (Å²) >= 11 is 0. The number of carbonyl (C=O) groups excluding carboxylic acids is 1. The number of hydrogen-bond acceptors (Lipinski definition) is 6. The van der Waals surface area contributed by atoms with Crippen LogP contribution < -0.4 is 10.2 Å². The molecule has 2 aromatic heterocycles. The van der Waals surface area contributed by atoms with Crippen LogP contribution in [0.2, 0.25) is 0 Å². The highest BCUT2D eigenvalue weighted by atomic mass is 32.2. The first kappa shape index (κ1) is 23.1. The van der Waals surface area contributed by atoms with Crippen LogP contribution in [-0.4, -0.2) is 62.4 Å². The largest absolute Gasteiger partial charge is 0.369 e. The summed E-state index contributed by atoms with van der Waals surface area (Å²) in [6, 6.07) is 17.3. The molecule has 3 heterocycles. The average molecular weight is 490 g/mol. The van der Waals surface area contributed by atoms with Crippen LogP contribution in [0.4, 0.5) is 5.69 Å². The van der Waals surface area contributed by atoms with Crippen LogP contribution in [-0.2, 0) is 16.4 Å².